The first-order valence-electron chi connectivity index (χ1n) is 9.23. The molecule has 3 amide bonds. The zero-order valence-corrected chi connectivity index (χ0v) is 16.7. The first kappa shape index (κ1) is 21.7. The number of anilines is 1. The summed E-state index contributed by atoms with van der Waals surface area (Å²) in [6.07, 6.45) is 1.41. The van der Waals surface area contributed by atoms with Crippen LogP contribution in [0.25, 0.3) is 0 Å². The van der Waals surface area contributed by atoms with Gasteiger partial charge < -0.3 is 21.3 Å². The Kier molecular flexibility index (Phi) is 7.43. The van der Waals surface area contributed by atoms with Crippen molar-refractivity contribution in [1.82, 2.24) is 10.2 Å². The summed E-state index contributed by atoms with van der Waals surface area (Å²) in [7, 11) is 0. The number of benzene rings is 2. The van der Waals surface area contributed by atoms with Crippen LogP contribution in [0.1, 0.15) is 25.3 Å². The lowest BCUT2D eigenvalue weighted by Gasteiger charge is -2.37. The molecule has 0 spiro atoms. The van der Waals surface area contributed by atoms with E-state index >= 15 is 0 Å². The normalized spacial score (nSPS) is 16.4. The number of urea groups is 1. The molecule has 1 aliphatic rings. The second-order valence-corrected chi connectivity index (χ2v) is 7.10. The van der Waals surface area contributed by atoms with Gasteiger partial charge >= 0.3 is 6.03 Å². The standard InChI is InChI=1S/C21H26N4O2.ClH/c1-21(22,16-8-4-2-5-9-16)19(26)25-14-12-18(13-15-25)24-20(27)23-17-10-6-3-7-11-17;/h2-11,18H,12-15,22H2,1H3,(H2,23,24,27);1H. The van der Waals surface area contributed by atoms with Crippen molar-refractivity contribution in [3.05, 3.63) is 66.2 Å². The first-order valence-corrected chi connectivity index (χ1v) is 9.23. The summed E-state index contributed by atoms with van der Waals surface area (Å²) in [5.41, 5.74) is 6.85. The number of hydrogen-bond donors (Lipinski definition) is 3. The van der Waals surface area contributed by atoms with E-state index < -0.39 is 5.54 Å². The third-order valence-electron chi connectivity index (χ3n) is 4.97. The maximum atomic E-state index is 12.9. The molecule has 1 unspecified atom stereocenters. The van der Waals surface area contributed by atoms with E-state index in [9.17, 15) is 9.59 Å². The van der Waals surface area contributed by atoms with Crippen LogP contribution in [0.3, 0.4) is 0 Å². The lowest BCUT2D eigenvalue weighted by Crippen LogP contribution is -2.55. The molecular formula is C21H27ClN4O2. The molecule has 150 valence electrons. The average Bonchev–Trinajstić information content (AvgIpc) is 2.69. The largest absolute Gasteiger partial charge is 0.341 e. The Morgan fingerprint density at radius 1 is 1.00 bits per heavy atom. The maximum absolute atomic E-state index is 12.9. The number of para-hydroxylation sites is 1. The summed E-state index contributed by atoms with van der Waals surface area (Å²) in [6.45, 7) is 2.91. The van der Waals surface area contributed by atoms with Crippen LogP contribution >= 0.6 is 12.4 Å². The molecule has 0 bridgehead atoms. The van der Waals surface area contributed by atoms with Crippen LogP contribution in [0.5, 0.6) is 0 Å². The van der Waals surface area contributed by atoms with E-state index in [2.05, 4.69) is 10.6 Å². The first-order chi connectivity index (χ1) is 13.0. The molecule has 0 saturated carbocycles. The zero-order valence-electron chi connectivity index (χ0n) is 15.9. The number of hydrogen-bond acceptors (Lipinski definition) is 3. The highest BCUT2D eigenvalue weighted by Gasteiger charge is 2.36. The fourth-order valence-electron chi connectivity index (χ4n) is 3.34. The summed E-state index contributed by atoms with van der Waals surface area (Å²) in [5, 5.41) is 5.80. The highest BCUT2D eigenvalue weighted by atomic mass is 35.5. The molecule has 0 aromatic heterocycles. The van der Waals surface area contributed by atoms with Gasteiger partial charge in [-0.3, -0.25) is 4.79 Å². The van der Waals surface area contributed by atoms with Crippen LogP contribution in [-0.4, -0.2) is 36.0 Å². The Bertz CT molecular complexity index is 776. The topological polar surface area (TPSA) is 87.5 Å². The van der Waals surface area contributed by atoms with Crippen molar-refractivity contribution in [2.24, 2.45) is 5.73 Å². The fourth-order valence-corrected chi connectivity index (χ4v) is 3.34. The highest BCUT2D eigenvalue weighted by molar-refractivity contribution is 5.89. The molecule has 1 saturated heterocycles. The van der Waals surface area contributed by atoms with E-state index in [0.717, 1.165) is 11.3 Å². The molecule has 0 radical (unpaired) electrons. The van der Waals surface area contributed by atoms with Crippen molar-refractivity contribution in [3.8, 4) is 0 Å². The molecule has 1 aliphatic heterocycles. The van der Waals surface area contributed by atoms with Crippen molar-refractivity contribution in [1.29, 1.82) is 0 Å². The number of rotatable bonds is 4. The van der Waals surface area contributed by atoms with E-state index in [1.54, 1.807) is 11.8 Å². The van der Waals surface area contributed by atoms with Crippen LogP contribution < -0.4 is 16.4 Å². The molecule has 4 N–H and O–H groups in total. The third kappa shape index (κ3) is 5.24. The smallest absolute Gasteiger partial charge is 0.319 e. The van der Waals surface area contributed by atoms with Crippen molar-refractivity contribution in [3.63, 3.8) is 0 Å². The Labute approximate surface area is 171 Å². The van der Waals surface area contributed by atoms with Crippen LogP contribution in [0.2, 0.25) is 0 Å². The van der Waals surface area contributed by atoms with Crippen molar-refractivity contribution >= 4 is 30.0 Å². The molecule has 2 aromatic carbocycles. The molecule has 0 aliphatic carbocycles. The van der Waals surface area contributed by atoms with Gasteiger partial charge in [0.25, 0.3) is 0 Å². The summed E-state index contributed by atoms with van der Waals surface area (Å²) in [5.74, 6) is -0.0825. The summed E-state index contributed by atoms with van der Waals surface area (Å²) in [6, 6.07) is 18.6. The number of halogens is 1. The summed E-state index contributed by atoms with van der Waals surface area (Å²) < 4.78 is 0. The van der Waals surface area contributed by atoms with Gasteiger partial charge in [-0.15, -0.1) is 12.4 Å². The third-order valence-corrected chi connectivity index (χ3v) is 4.97. The molecule has 2 aromatic rings. The number of carbonyl (C=O) groups is 2. The number of likely N-dealkylation sites (tertiary alicyclic amines) is 1. The van der Waals surface area contributed by atoms with Gasteiger partial charge in [-0.2, -0.15) is 0 Å². The van der Waals surface area contributed by atoms with Crippen LogP contribution in [0.15, 0.2) is 60.7 Å². The molecular weight excluding hydrogens is 376 g/mol. The quantitative estimate of drug-likeness (QED) is 0.734. The van der Waals surface area contributed by atoms with Crippen molar-refractivity contribution < 1.29 is 9.59 Å². The minimum atomic E-state index is -1.05. The van der Waals surface area contributed by atoms with E-state index in [-0.39, 0.29) is 30.4 Å². The summed E-state index contributed by atoms with van der Waals surface area (Å²) in [4.78, 5) is 26.8. The lowest BCUT2D eigenvalue weighted by atomic mass is 9.90. The second kappa shape index (κ2) is 9.57. The van der Waals surface area contributed by atoms with E-state index in [1.165, 1.54) is 0 Å². The lowest BCUT2D eigenvalue weighted by molar-refractivity contribution is -0.137. The number of nitrogens with two attached hydrogens (primary N) is 1. The predicted octanol–water partition coefficient (Wildman–Crippen LogP) is 3.10. The van der Waals surface area contributed by atoms with Crippen LogP contribution in [0, 0.1) is 0 Å². The molecule has 7 heteroatoms. The number of amides is 3. The van der Waals surface area contributed by atoms with Crippen molar-refractivity contribution in [2.45, 2.75) is 31.3 Å². The minimum absolute atomic E-state index is 0. The number of nitrogens with zero attached hydrogens (tertiary/aromatic N) is 1. The average molecular weight is 403 g/mol. The predicted molar refractivity (Wildman–Crippen MR) is 113 cm³/mol. The molecule has 6 nitrogen and oxygen atoms in total. The van der Waals surface area contributed by atoms with E-state index in [4.69, 9.17) is 5.73 Å². The number of piperidine rings is 1. The number of carbonyl (C=O) groups excluding carboxylic acids is 2. The minimum Gasteiger partial charge on any atom is -0.341 e. The SMILES string of the molecule is CC(N)(C(=O)N1CCC(NC(=O)Nc2ccccc2)CC1)c1ccccc1.Cl. The number of nitrogens with one attached hydrogen (secondary N) is 2. The van der Waals surface area contributed by atoms with Gasteiger partial charge in [-0.1, -0.05) is 48.5 Å². The molecule has 1 atom stereocenters. The van der Waals surface area contributed by atoms with Gasteiger partial charge in [-0.05, 0) is 37.5 Å². The van der Waals surface area contributed by atoms with E-state index in [0.29, 0.717) is 25.9 Å². The summed E-state index contributed by atoms with van der Waals surface area (Å²) >= 11 is 0. The van der Waals surface area contributed by atoms with Gasteiger partial charge in [0.15, 0.2) is 0 Å². The Morgan fingerprint density at radius 3 is 2.11 bits per heavy atom. The van der Waals surface area contributed by atoms with Gasteiger partial charge in [0, 0.05) is 24.8 Å². The Hall–Kier alpha value is -2.57. The molecule has 3 rings (SSSR count). The maximum Gasteiger partial charge on any atom is 0.319 e. The Morgan fingerprint density at radius 2 is 1.54 bits per heavy atom. The van der Waals surface area contributed by atoms with Gasteiger partial charge in [0.2, 0.25) is 5.91 Å². The fraction of sp³-hybridized carbons (Fsp3) is 0.333. The van der Waals surface area contributed by atoms with Crippen LogP contribution in [-0.2, 0) is 10.3 Å². The second-order valence-electron chi connectivity index (χ2n) is 7.10. The molecule has 1 heterocycles. The van der Waals surface area contributed by atoms with Crippen LogP contribution in [0.4, 0.5) is 10.5 Å². The van der Waals surface area contributed by atoms with E-state index in [1.807, 2.05) is 60.7 Å². The molecule has 1 fully saturated rings. The Balaban J connectivity index is 0.00000280. The van der Waals surface area contributed by atoms with Crippen molar-refractivity contribution in [2.75, 3.05) is 18.4 Å². The molecule has 28 heavy (non-hydrogen) atoms. The highest BCUT2D eigenvalue weighted by Crippen LogP contribution is 2.22. The zero-order chi connectivity index (χ0) is 19.3. The van der Waals surface area contributed by atoms with Gasteiger partial charge in [-0.25, -0.2) is 4.79 Å². The monoisotopic (exact) mass is 402 g/mol. The van der Waals surface area contributed by atoms with Gasteiger partial charge in [0.05, 0.1) is 0 Å². The van der Waals surface area contributed by atoms with Gasteiger partial charge in [0.1, 0.15) is 5.54 Å².